The Morgan fingerprint density at radius 1 is 1.19 bits per heavy atom. The third kappa shape index (κ3) is 5.04. The van der Waals surface area contributed by atoms with Crippen LogP contribution in [-0.4, -0.2) is 59.3 Å². The third-order valence-corrected chi connectivity index (χ3v) is 5.82. The van der Waals surface area contributed by atoms with Crippen LogP contribution < -0.4 is 5.32 Å². The number of non-ortho nitro benzene ring substituents is 1. The Morgan fingerprint density at radius 2 is 1.85 bits per heavy atom. The number of benzene rings is 1. The predicted octanol–water partition coefficient (Wildman–Crippen LogP) is 2.63. The minimum atomic E-state index is -0.482. The van der Waals surface area contributed by atoms with Crippen molar-refractivity contribution in [2.24, 2.45) is 5.92 Å². The lowest BCUT2D eigenvalue weighted by Gasteiger charge is -2.32. The molecule has 0 aromatic heterocycles. The van der Waals surface area contributed by atoms with Gasteiger partial charge in [0.25, 0.3) is 5.69 Å². The van der Waals surface area contributed by atoms with Crippen molar-refractivity contribution in [2.75, 3.05) is 38.0 Å². The molecule has 2 saturated heterocycles. The molecule has 2 aliphatic heterocycles. The number of amides is 2. The molecular formula is C18H23BrN4O4. The lowest BCUT2D eigenvalue weighted by atomic mass is 9.95. The highest BCUT2D eigenvalue weighted by Crippen LogP contribution is 2.27. The number of nitrogens with zero attached hydrogens (tertiary/aromatic N) is 3. The number of hydrogen-bond acceptors (Lipinski definition) is 5. The zero-order chi connectivity index (χ0) is 19.4. The van der Waals surface area contributed by atoms with Crippen molar-refractivity contribution >= 4 is 39.1 Å². The van der Waals surface area contributed by atoms with E-state index in [4.69, 9.17) is 0 Å². The average molecular weight is 439 g/mol. The standard InChI is InChI=1S/C18H23BrN4O4/c19-15-11-14(23(26)27)3-4-16(15)20-17(24)12-21-9-5-13(6-10-21)18(25)22-7-1-2-8-22/h3-4,11,13H,1-2,5-10,12H2,(H,20,24). The van der Waals surface area contributed by atoms with Gasteiger partial charge in [-0.2, -0.15) is 0 Å². The van der Waals surface area contributed by atoms with Crippen LogP contribution in [-0.2, 0) is 9.59 Å². The summed E-state index contributed by atoms with van der Waals surface area (Å²) in [5.41, 5.74) is 0.467. The molecule has 0 spiro atoms. The number of nitro groups is 1. The van der Waals surface area contributed by atoms with Crippen molar-refractivity contribution in [3.63, 3.8) is 0 Å². The van der Waals surface area contributed by atoms with Crippen LogP contribution in [0.5, 0.6) is 0 Å². The monoisotopic (exact) mass is 438 g/mol. The molecule has 2 fully saturated rings. The second kappa shape index (κ2) is 8.79. The Bertz CT molecular complexity index is 728. The highest BCUT2D eigenvalue weighted by atomic mass is 79.9. The lowest BCUT2D eigenvalue weighted by molar-refractivity contribution is -0.384. The molecule has 146 valence electrons. The largest absolute Gasteiger partial charge is 0.342 e. The lowest BCUT2D eigenvalue weighted by Crippen LogP contribution is -2.43. The number of nitro benzene ring substituents is 1. The molecule has 1 aromatic rings. The van der Waals surface area contributed by atoms with E-state index in [1.165, 1.54) is 18.2 Å². The van der Waals surface area contributed by atoms with Gasteiger partial charge in [0.1, 0.15) is 0 Å². The van der Waals surface area contributed by atoms with Gasteiger partial charge >= 0.3 is 0 Å². The molecule has 1 N–H and O–H groups in total. The van der Waals surface area contributed by atoms with Crippen LogP contribution in [0.1, 0.15) is 25.7 Å². The summed E-state index contributed by atoms with van der Waals surface area (Å²) in [6, 6.07) is 4.24. The van der Waals surface area contributed by atoms with E-state index in [-0.39, 0.29) is 30.0 Å². The highest BCUT2D eigenvalue weighted by Gasteiger charge is 2.30. The van der Waals surface area contributed by atoms with Gasteiger partial charge in [-0.25, -0.2) is 0 Å². The molecule has 2 heterocycles. The van der Waals surface area contributed by atoms with Gasteiger partial charge < -0.3 is 10.2 Å². The van der Waals surface area contributed by atoms with E-state index in [1.807, 2.05) is 9.80 Å². The van der Waals surface area contributed by atoms with Gasteiger partial charge in [-0.05, 0) is 60.8 Å². The molecule has 9 heteroatoms. The molecule has 3 rings (SSSR count). The molecular weight excluding hydrogens is 416 g/mol. The topological polar surface area (TPSA) is 95.8 Å². The number of likely N-dealkylation sites (tertiary alicyclic amines) is 2. The van der Waals surface area contributed by atoms with Gasteiger partial charge in [-0.1, -0.05) is 0 Å². The first-order valence-electron chi connectivity index (χ1n) is 9.19. The molecule has 27 heavy (non-hydrogen) atoms. The second-order valence-electron chi connectivity index (χ2n) is 7.05. The molecule has 2 amide bonds. The number of hydrogen-bond donors (Lipinski definition) is 1. The summed E-state index contributed by atoms with van der Waals surface area (Å²) < 4.78 is 0.472. The van der Waals surface area contributed by atoms with E-state index in [9.17, 15) is 19.7 Å². The fraction of sp³-hybridized carbons (Fsp3) is 0.556. The van der Waals surface area contributed by atoms with Crippen LogP contribution in [0.2, 0.25) is 0 Å². The Morgan fingerprint density at radius 3 is 2.44 bits per heavy atom. The van der Waals surface area contributed by atoms with Gasteiger partial charge in [0.15, 0.2) is 0 Å². The number of carbonyl (C=O) groups excluding carboxylic acids is 2. The first-order chi connectivity index (χ1) is 12.9. The molecule has 0 radical (unpaired) electrons. The summed E-state index contributed by atoms with van der Waals surface area (Å²) in [5.74, 6) is 0.173. The zero-order valence-corrected chi connectivity index (χ0v) is 16.6. The summed E-state index contributed by atoms with van der Waals surface area (Å²) >= 11 is 3.25. The summed E-state index contributed by atoms with van der Waals surface area (Å²) in [7, 11) is 0. The van der Waals surface area contributed by atoms with E-state index in [2.05, 4.69) is 21.2 Å². The normalized spacial score (nSPS) is 18.5. The predicted molar refractivity (Wildman–Crippen MR) is 104 cm³/mol. The molecule has 8 nitrogen and oxygen atoms in total. The van der Waals surface area contributed by atoms with Crippen LogP contribution in [0.25, 0.3) is 0 Å². The van der Waals surface area contributed by atoms with Crippen molar-refractivity contribution in [3.8, 4) is 0 Å². The fourth-order valence-electron chi connectivity index (χ4n) is 3.65. The van der Waals surface area contributed by atoms with Gasteiger partial charge in [0.2, 0.25) is 11.8 Å². The average Bonchev–Trinajstić information content (AvgIpc) is 3.18. The van der Waals surface area contributed by atoms with Crippen LogP contribution in [0, 0.1) is 16.0 Å². The van der Waals surface area contributed by atoms with E-state index in [0.29, 0.717) is 10.2 Å². The van der Waals surface area contributed by atoms with E-state index < -0.39 is 4.92 Å². The Labute approximate surface area is 166 Å². The first kappa shape index (κ1) is 19.8. The highest BCUT2D eigenvalue weighted by molar-refractivity contribution is 9.10. The second-order valence-corrected chi connectivity index (χ2v) is 7.91. The van der Waals surface area contributed by atoms with Crippen LogP contribution in [0.15, 0.2) is 22.7 Å². The summed E-state index contributed by atoms with van der Waals surface area (Å²) in [6.07, 6.45) is 3.76. The van der Waals surface area contributed by atoms with Gasteiger partial charge in [-0.3, -0.25) is 24.6 Å². The number of halogens is 1. The van der Waals surface area contributed by atoms with E-state index >= 15 is 0 Å². The van der Waals surface area contributed by atoms with Crippen molar-refractivity contribution in [3.05, 3.63) is 32.8 Å². The molecule has 0 atom stereocenters. The van der Waals surface area contributed by atoms with E-state index in [0.717, 1.165) is 51.9 Å². The minimum Gasteiger partial charge on any atom is -0.342 e. The molecule has 2 aliphatic rings. The Hall–Kier alpha value is -2.00. The van der Waals surface area contributed by atoms with Gasteiger partial charge in [0.05, 0.1) is 17.2 Å². The number of carbonyl (C=O) groups is 2. The molecule has 1 aromatic carbocycles. The third-order valence-electron chi connectivity index (χ3n) is 5.16. The Kier molecular flexibility index (Phi) is 6.43. The van der Waals surface area contributed by atoms with Crippen molar-refractivity contribution in [1.82, 2.24) is 9.80 Å². The fourth-order valence-corrected chi connectivity index (χ4v) is 4.11. The number of nitrogens with one attached hydrogen (secondary N) is 1. The van der Waals surface area contributed by atoms with Crippen LogP contribution in [0.4, 0.5) is 11.4 Å². The first-order valence-corrected chi connectivity index (χ1v) is 9.98. The molecule has 0 aliphatic carbocycles. The van der Waals surface area contributed by atoms with Crippen LogP contribution in [0.3, 0.4) is 0 Å². The number of anilines is 1. The SMILES string of the molecule is O=C(CN1CCC(C(=O)N2CCCC2)CC1)Nc1ccc([N+](=O)[O-])cc1Br. The quantitative estimate of drug-likeness (QED) is 0.562. The maximum absolute atomic E-state index is 12.5. The number of rotatable bonds is 5. The Balaban J connectivity index is 1.47. The van der Waals surface area contributed by atoms with Crippen LogP contribution >= 0.6 is 15.9 Å². The summed E-state index contributed by atoms with van der Waals surface area (Å²) in [4.78, 5) is 39.1. The number of piperidine rings is 1. The van der Waals surface area contributed by atoms with Crippen molar-refractivity contribution < 1.29 is 14.5 Å². The molecule has 0 saturated carbocycles. The maximum atomic E-state index is 12.5. The minimum absolute atomic E-state index is 0.0374. The molecule has 0 bridgehead atoms. The summed E-state index contributed by atoms with van der Waals surface area (Å²) in [5, 5.41) is 13.5. The van der Waals surface area contributed by atoms with Crippen molar-refractivity contribution in [1.29, 1.82) is 0 Å². The van der Waals surface area contributed by atoms with Gasteiger partial charge in [0, 0.05) is 35.6 Å². The zero-order valence-electron chi connectivity index (χ0n) is 15.0. The van der Waals surface area contributed by atoms with E-state index in [1.54, 1.807) is 0 Å². The maximum Gasteiger partial charge on any atom is 0.270 e. The van der Waals surface area contributed by atoms with Gasteiger partial charge in [-0.15, -0.1) is 0 Å². The molecule has 0 unspecified atom stereocenters. The smallest absolute Gasteiger partial charge is 0.270 e. The van der Waals surface area contributed by atoms with Crippen molar-refractivity contribution in [2.45, 2.75) is 25.7 Å². The summed E-state index contributed by atoms with van der Waals surface area (Å²) in [6.45, 7) is 3.45.